The highest BCUT2D eigenvalue weighted by Crippen LogP contribution is 2.26. The standard InChI is InChI=1S/C21H30N6O2/c1-14(2)26(10-11-28)21-24-19(18-20(25-21)27(13-23-18)15(3)4)22-12-17(29)16-8-6-5-7-9-16/h5-9,13-15,17,28-29H,10-12H2,1-4H3,(H,22,24,25)/t17-/m1/s1. The van der Waals surface area contributed by atoms with Crippen LogP contribution in [0.5, 0.6) is 0 Å². The van der Waals surface area contributed by atoms with E-state index in [4.69, 9.17) is 4.98 Å². The number of aromatic nitrogens is 4. The van der Waals surface area contributed by atoms with Gasteiger partial charge in [0.1, 0.15) is 0 Å². The van der Waals surface area contributed by atoms with Crippen LogP contribution in [0.25, 0.3) is 11.2 Å². The van der Waals surface area contributed by atoms with Gasteiger partial charge in [-0.05, 0) is 33.3 Å². The van der Waals surface area contributed by atoms with Crippen LogP contribution in [0.2, 0.25) is 0 Å². The average molecular weight is 399 g/mol. The Hall–Kier alpha value is -2.71. The van der Waals surface area contributed by atoms with Crippen molar-refractivity contribution in [1.29, 1.82) is 0 Å². The largest absolute Gasteiger partial charge is 0.395 e. The zero-order valence-corrected chi connectivity index (χ0v) is 17.4. The minimum atomic E-state index is -0.671. The first kappa shape index (κ1) is 21.0. The molecule has 0 aliphatic rings. The van der Waals surface area contributed by atoms with E-state index < -0.39 is 6.10 Å². The second-order valence-corrected chi connectivity index (χ2v) is 7.61. The Balaban J connectivity index is 1.98. The van der Waals surface area contributed by atoms with Crippen LogP contribution in [0.4, 0.5) is 11.8 Å². The van der Waals surface area contributed by atoms with Crippen molar-refractivity contribution in [2.24, 2.45) is 0 Å². The summed E-state index contributed by atoms with van der Waals surface area (Å²) >= 11 is 0. The molecule has 1 aromatic carbocycles. The van der Waals surface area contributed by atoms with Crippen LogP contribution in [0.3, 0.4) is 0 Å². The smallest absolute Gasteiger partial charge is 0.229 e. The minimum absolute atomic E-state index is 0.0124. The third-order valence-electron chi connectivity index (χ3n) is 4.83. The molecule has 3 N–H and O–H groups in total. The molecule has 0 spiro atoms. The van der Waals surface area contributed by atoms with Crippen molar-refractivity contribution >= 4 is 22.9 Å². The van der Waals surface area contributed by atoms with Gasteiger partial charge in [0, 0.05) is 25.2 Å². The second kappa shape index (κ2) is 9.19. The number of nitrogens with one attached hydrogen (secondary N) is 1. The Kier molecular flexibility index (Phi) is 6.66. The summed E-state index contributed by atoms with van der Waals surface area (Å²) in [5.74, 6) is 1.10. The number of aliphatic hydroxyl groups excluding tert-OH is 2. The first-order valence-electron chi connectivity index (χ1n) is 10.0. The fraction of sp³-hybridized carbons (Fsp3) is 0.476. The van der Waals surface area contributed by atoms with Gasteiger partial charge < -0.3 is 25.0 Å². The fourth-order valence-electron chi connectivity index (χ4n) is 3.22. The first-order chi connectivity index (χ1) is 13.9. The summed E-state index contributed by atoms with van der Waals surface area (Å²) in [6, 6.07) is 9.82. The van der Waals surface area contributed by atoms with Crippen molar-refractivity contribution in [3.8, 4) is 0 Å². The zero-order chi connectivity index (χ0) is 21.0. The maximum Gasteiger partial charge on any atom is 0.229 e. The van der Waals surface area contributed by atoms with Gasteiger partial charge >= 0.3 is 0 Å². The van der Waals surface area contributed by atoms with Crippen LogP contribution in [-0.4, -0.2) is 55.5 Å². The quantitative estimate of drug-likeness (QED) is 0.510. The Morgan fingerprint density at radius 3 is 2.45 bits per heavy atom. The molecule has 0 unspecified atom stereocenters. The first-order valence-corrected chi connectivity index (χ1v) is 10.0. The van der Waals surface area contributed by atoms with Crippen LogP contribution < -0.4 is 10.2 Å². The molecule has 0 bridgehead atoms. The van der Waals surface area contributed by atoms with E-state index in [0.717, 1.165) is 11.2 Å². The van der Waals surface area contributed by atoms with E-state index in [1.807, 2.05) is 53.6 Å². The number of anilines is 2. The molecule has 8 nitrogen and oxygen atoms in total. The lowest BCUT2D eigenvalue weighted by molar-refractivity contribution is 0.191. The van der Waals surface area contributed by atoms with E-state index in [0.29, 0.717) is 30.4 Å². The van der Waals surface area contributed by atoms with Gasteiger partial charge in [0.05, 0.1) is 19.0 Å². The summed E-state index contributed by atoms with van der Waals surface area (Å²) in [7, 11) is 0. The van der Waals surface area contributed by atoms with E-state index >= 15 is 0 Å². The topological polar surface area (TPSA) is 99.3 Å². The molecule has 1 atom stereocenters. The van der Waals surface area contributed by atoms with Crippen molar-refractivity contribution in [3.05, 3.63) is 42.2 Å². The lowest BCUT2D eigenvalue weighted by atomic mass is 10.1. The van der Waals surface area contributed by atoms with Gasteiger partial charge in [-0.2, -0.15) is 9.97 Å². The van der Waals surface area contributed by atoms with Gasteiger partial charge in [-0.25, -0.2) is 4.98 Å². The lowest BCUT2D eigenvalue weighted by Crippen LogP contribution is -2.35. The third kappa shape index (κ3) is 4.65. The molecule has 3 aromatic rings. The molecule has 0 saturated carbocycles. The summed E-state index contributed by atoms with van der Waals surface area (Å²) in [5, 5.41) is 23.2. The van der Waals surface area contributed by atoms with Crippen molar-refractivity contribution in [2.45, 2.75) is 45.9 Å². The number of hydrogen-bond acceptors (Lipinski definition) is 7. The van der Waals surface area contributed by atoms with Gasteiger partial charge in [0.25, 0.3) is 0 Å². The molecule has 29 heavy (non-hydrogen) atoms. The van der Waals surface area contributed by atoms with Crippen LogP contribution >= 0.6 is 0 Å². The number of rotatable bonds is 9. The summed E-state index contributed by atoms with van der Waals surface area (Å²) in [6.07, 6.45) is 1.09. The van der Waals surface area contributed by atoms with Crippen LogP contribution in [0.1, 0.15) is 45.4 Å². The number of fused-ring (bicyclic) bond motifs is 1. The maximum absolute atomic E-state index is 10.5. The maximum atomic E-state index is 10.5. The molecule has 0 radical (unpaired) electrons. The fourth-order valence-corrected chi connectivity index (χ4v) is 3.22. The molecule has 2 heterocycles. The van der Waals surface area contributed by atoms with E-state index in [-0.39, 0.29) is 18.7 Å². The normalized spacial score (nSPS) is 12.7. The molecule has 0 fully saturated rings. The van der Waals surface area contributed by atoms with Gasteiger partial charge in [0.2, 0.25) is 5.95 Å². The second-order valence-electron chi connectivity index (χ2n) is 7.61. The Labute approximate surface area is 171 Å². The SMILES string of the molecule is CC(C)N(CCO)c1nc(NC[C@@H](O)c2ccccc2)c2ncn(C(C)C)c2n1. The molecule has 0 saturated heterocycles. The lowest BCUT2D eigenvalue weighted by Gasteiger charge is -2.26. The highest BCUT2D eigenvalue weighted by atomic mass is 16.3. The third-order valence-corrected chi connectivity index (χ3v) is 4.83. The van der Waals surface area contributed by atoms with Crippen LogP contribution in [0, 0.1) is 0 Å². The van der Waals surface area contributed by atoms with Crippen LogP contribution in [-0.2, 0) is 0 Å². The van der Waals surface area contributed by atoms with Crippen molar-refractivity contribution in [3.63, 3.8) is 0 Å². The molecule has 0 aliphatic carbocycles. The zero-order valence-electron chi connectivity index (χ0n) is 17.4. The molecular weight excluding hydrogens is 368 g/mol. The highest BCUT2D eigenvalue weighted by molar-refractivity contribution is 5.84. The Morgan fingerprint density at radius 2 is 1.83 bits per heavy atom. The van der Waals surface area contributed by atoms with E-state index in [2.05, 4.69) is 29.1 Å². The minimum Gasteiger partial charge on any atom is -0.395 e. The molecule has 3 rings (SSSR count). The Morgan fingerprint density at radius 1 is 1.10 bits per heavy atom. The van der Waals surface area contributed by atoms with Gasteiger partial charge in [-0.1, -0.05) is 30.3 Å². The number of benzene rings is 1. The summed E-state index contributed by atoms with van der Waals surface area (Å²) in [5.41, 5.74) is 2.23. The molecular formula is C21H30N6O2. The van der Waals surface area contributed by atoms with E-state index in [9.17, 15) is 10.2 Å². The summed E-state index contributed by atoms with van der Waals surface area (Å²) in [6.45, 7) is 8.96. The number of aliphatic hydroxyl groups is 2. The summed E-state index contributed by atoms with van der Waals surface area (Å²) < 4.78 is 2.00. The van der Waals surface area contributed by atoms with Gasteiger partial charge in [-0.3, -0.25) is 0 Å². The average Bonchev–Trinajstić information content (AvgIpc) is 3.14. The number of imidazole rings is 1. The molecule has 156 valence electrons. The van der Waals surface area contributed by atoms with E-state index in [1.165, 1.54) is 0 Å². The van der Waals surface area contributed by atoms with Crippen molar-refractivity contribution in [1.82, 2.24) is 19.5 Å². The van der Waals surface area contributed by atoms with Crippen molar-refractivity contribution < 1.29 is 10.2 Å². The Bertz CT molecular complexity index is 926. The molecule has 0 amide bonds. The predicted octanol–water partition coefficient (Wildman–Crippen LogP) is 2.76. The van der Waals surface area contributed by atoms with Gasteiger partial charge in [-0.15, -0.1) is 0 Å². The molecule has 2 aromatic heterocycles. The summed E-state index contributed by atoms with van der Waals surface area (Å²) in [4.78, 5) is 15.9. The van der Waals surface area contributed by atoms with E-state index in [1.54, 1.807) is 6.33 Å². The highest BCUT2D eigenvalue weighted by Gasteiger charge is 2.20. The monoisotopic (exact) mass is 398 g/mol. The van der Waals surface area contributed by atoms with Gasteiger partial charge in [0.15, 0.2) is 17.0 Å². The molecule has 0 aliphatic heterocycles. The number of hydrogen-bond donors (Lipinski definition) is 3. The van der Waals surface area contributed by atoms with Crippen molar-refractivity contribution in [2.75, 3.05) is 29.9 Å². The predicted molar refractivity (Wildman–Crippen MR) is 115 cm³/mol. The molecule has 8 heteroatoms. The van der Waals surface area contributed by atoms with Crippen LogP contribution in [0.15, 0.2) is 36.7 Å². The number of nitrogens with zero attached hydrogens (tertiary/aromatic N) is 5.